The Morgan fingerprint density at radius 2 is 2.00 bits per heavy atom. The first-order chi connectivity index (χ1) is 9.99. The summed E-state index contributed by atoms with van der Waals surface area (Å²) >= 11 is 3.40. The van der Waals surface area contributed by atoms with Gasteiger partial charge in [0.2, 0.25) is 5.95 Å². The summed E-state index contributed by atoms with van der Waals surface area (Å²) in [6, 6.07) is 7.72. The Morgan fingerprint density at radius 3 is 2.62 bits per heavy atom. The number of carbonyl (C=O) groups is 1. The van der Waals surface area contributed by atoms with Crippen molar-refractivity contribution < 1.29 is 4.79 Å². The van der Waals surface area contributed by atoms with Crippen LogP contribution in [0, 0.1) is 6.92 Å². The van der Waals surface area contributed by atoms with Crippen molar-refractivity contribution in [3.8, 4) is 0 Å². The van der Waals surface area contributed by atoms with Crippen LogP contribution in [0.5, 0.6) is 0 Å². The highest BCUT2D eigenvalue weighted by Crippen LogP contribution is 2.22. The normalized spacial score (nSPS) is 11.0. The van der Waals surface area contributed by atoms with Gasteiger partial charge in [0.15, 0.2) is 5.69 Å². The quantitative estimate of drug-likeness (QED) is 0.774. The molecule has 7 heteroatoms. The number of nitrogens with zero attached hydrogens (tertiary/aromatic N) is 4. The molecule has 0 aliphatic heterocycles. The highest BCUT2D eigenvalue weighted by Gasteiger charge is 2.19. The first-order valence-electron chi connectivity index (χ1n) is 6.41. The predicted octanol–water partition coefficient (Wildman–Crippen LogP) is 2.63. The number of hydrogen-bond donors (Lipinski definition) is 1. The first-order valence-corrected chi connectivity index (χ1v) is 7.20. The number of nitrogens with one attached hydrogen (secondary N) is 1. The smallest absolute Gasteiger partial charge is 0.279 e. The van der Waals surface area contributed by atoms with Crippen LogP contribution in [0.3, 0.4) is 0 Å². The third kappa shape index (κ3) is 2.23. The van der Waals surface area contributed by atoms with Crippen LogP contribution in [0.25, 0.3) is 11.0 Å². The molecular weight excluding hydrogens is 334 g/mol. The second-order valence-corrected chi connectivity index (χ2v) is 5.60. The summed E-state index contributed by atoms with van der Waals surface area (Å²) in [5.74, 6) is 0.209. The highest BCUT2D eigenvalue weighted by molar-refractivity contribution is 9.10. The third-order valence-electron chi connectivity index (χ3n) is 3.49. The highest BCUT2D eigenvalue weighted by atomic mass is 79.9. The van der Waals surface area contributed by atoms with Crippen molar-refractivity contribution in [1.29, 1.82) is 0 Å². The predicted molar refractivity (Wildman–Crippen MR) is 84.3 cm³/mol. The second-order valence-electron chi connectivity index (χ2n) is 4.81. The van der Waals surface area contributed by atoms with E-state index in [4.69, 9.17) is 0 Å². The number of amides is 1. The van der Waals surface area contributed by atoms with Crippen molar-refractivity contribution in [2.75, 3.05) is 5.32 Å². The number of aromatic nitrogens is 4. The van der Waals surface area contributed by atoms with Crippen LogP contribution in [0.4, 0.5) is 5.95 Å². The van der Waals surface area contributed by atoms with Gasteiger partial charge in [-0.25, -0.2) is 4.98 Å². The van der Waals surface area contributed by atoms with Gasteiger partial charge in [-0.05, 0) is 35.0 Å². The van der Waals surface area contributed by atoms with Gasteiger partial charge in [-0.3, -0.25) is 14.8 Å². The van der Waals surface area contributed by atoms with E-state index in [-0.39, 0.29) is 5.91 Å². The zero-order chi connectivity index (χ0) is 15.1. The molecule has 0 radical (unpaired) electrons. The molecule has 0 fully saturated rings. The van der Waals surface area contributed by atoms with E-state index in [0.29, 0.717) is 16.1 Å². The van der Waals surface area contributed by atoms with E-state index < -0.39 is 0 Å². The van der Waals surface area contributed by atoms with Gasteiger partial charge < -0.3 is 4.57 Å². The lowest BCUT2D eigenvalue weighted by molar-refractivity contribution is 0.101. The standard InChI is InChI=1S/C14H14BrN5O/c1-8-11(15)12(18-20(8)3)13(21)17-14-16-9-6-4-5-7-10(9)19(14)2/h4-7H,1-3H3,(H,16,17,21). The van der Waals surface area contributed by atoms with Gasteiger partial charge >= 0.3 is 0 Å². The van der Waals surface area contributed by atoms with Crippen LogP contribution in [0.2, 0.25) is 0 Å². The number of anilines is 1. The summed E-state index contributed by atoms with van der Waals surface area (Å²) in [7, 11) is 3.66. The van der Waals surface area contributed by atoms with Crippen LogP contribution in [0.1, 0.15) is 16.2 Å². The van der Waals surface area contributed by atoms with E-state index in [0.717, 1.165) is 16.7 Å². The summed E-state index contributed by atoms with van der Waals surface area (Å²) in [4.78, 5) is 16.8. The van der Waals surface area contributed by atoms with Crippen LogP contribution < -0.4 is 5.32 Å². The van der Waals surface area contributed by atoms with Gasteiger partial charge in [0.1, 0.15) is 0 Å². The number of imidazole rings is 1. The van der Waals surface area contributed by atoms with Gasteiger partial charge in [-0.2, -0.15) is 5.10 Å². The molecule has 0 saturated carbocycles. The lowest BCUT2D eigenvalue weighted by Crippen LogP contribution is -2.16. The molecular formula is C14H14BrN5O. The molecule has 3 aromatic rings. The van der Waals surface area contributed by atoms with E-state index >= 15 is 0 Å². The number of carbonyl (C=O) groups excluding carboxylic acids is 1. The second kappa shape index (κ2) is 5.00. The number of benzene rings is 1. The van der Waals surface area contributed by atoms with Crippen LogP contribution in [0.15, 0.2) is 28.7 Å². The van der Waals surface area contributed by atoms with Crippen molar-refractivity contribution in [3.63, 3.8) is 0 Å². The number of para-hydroxylation sites is 2. The lowest BCUT2D eigenvalue weighted by atomic mass is 10.3. The number of hydrogen-bond acceptors (Lipinski definition) is 3. The summed E-state index contributed by atoms with van der Waals surface area (Å²) in [5.41, 5.74) is 3.04. The molecule has 21 heavy (non-hydrogen) atoms. The zero-order valence-electron chi connectivity index (χ0n) is 11.9. The van der Waals surface area contributed by atoms with Crippen molar-refractivity contribution >= 4 is 38.8 Å². The van der Waals surface area contributed by atoms with Gasteiger partial charge in [-0.1, -0.05) is 12.1 Å². The van der Waals surface area contributed by atoms with E-state index in [9.17, 15) is 4.79 Å². The first kappa shape index (κ1) is 13.8. The molecule has 0 spiro atoms. The Bertz CT molecular complexity index is 849. The number of halogens is 1. The summed E-state index contributed by atoms with van der Waals surface area (Å²) in [6.07, 6.45) is 0. The Hall–Kier alpha value is -2.15. The number of rotatable bonds is 2. The number of aryl methyl sites for hydroxylation is 2. The topological polar surface area (TPSA) is 64.7 Å². The van der Waals surface area contributed by atoms with Crippen molar-refractivity contribution in [2.45, 2.75) is 6.92 Å². The Kier molecular flexibility index (Phi) is 3.29. The SMILES string of the molecule is Cc1c(Br)c(C(=O)Nc2nc3ccccc3n2C)nn1C. The Morgan fingerprint density at radius 1 is 1.29 bits per heavy atom. The summed E-state index contributed by atoms with van der Waals surface area (Å²) < 4.78 is 4.20. The fraction of sp³-hybridized carbons (Fsp3) is 0.214. The van der Waals surface area contributed by atoms with E-state index in [1.807, 2.05) is 42.8 Å². The van der Waals surface area contributed by atoms with Crippen LogP contribution >= 0.6 is 15.9 Å². The minimum Gasteiger partial charge on any atom is -0.313 e. The molecule has 0 bridgehead atoms. The van der Waals surface area contributed by atoms with Gasteiger partial charge in [0, 0.05) is 14.1 Å². The maximum absolute atomic E-state index is 12.4. The average Bonchev–Trinajstić information content (AvgIpc) is 2.92. The Labute approximate surface area is 129 Å². The molecule has 0 atom stereocenters. The zero-order valence-corrected chi connectivity index (χ0v) is 13.5. The molecule has 2 aromatic heterocycles. The molecule has 0 aliphatic rings. The van der Waals surface area contributed by atoms with E-state index in [1.54, 1.807) is 11.7 Å². The monoisotopic (exact) mass is 347 g/mol. The van der Waals surface area contributed by atoms with Crippen molar-refractivity contribution in [1.82, 2.24) is 19.3 Å². The third-order valence-corrected chi connectivity index (χ3v) is 4.44. The van der Waals surface area contributed by atoms with E-state index in [2.05, 4.69) is 31.3 Å². The maximum atomic E-state index is 12.4. The summed E-state index contributed by atoms with van der Waals surface area (Å²) in [6.45, 7) is 1.89. The van der Waals surface area contributed by atoms with Gasteiger partial charge in [0.05, 0.1) is 21.2 Å². The molecule has 0 aliphatic carbocycles. The molecule has 3 rings (SSSR count). The molecule has 1 N–H and O–H groups in total. The molecule has 0 unspecified atom stereocenters. The van der Waals surface area contributed by atoms with Gasteiger partial charge in [-0.15, -0.1) is 0 Å². The molecule has 2 heterocycles. The fourth-order valence-electron chi connectivity index (χ4n) is 2.15. The van der Waals surface area contributed by atoms with Crippen molar-refractivity contribution in [2.24, 2.45) is 14.1 Å². The summed E-state index contributed by atoms with van der Waals surface area (Å²) in [5, 5.41) is 7.01. The van der Waals surface area contributed by atoms with E-state index in [1.165, 1.54) is 0 Å². The lowest BCUT2D eigenvalue weighted by Gasteiger charge is -2.03. The molecule has 1 aromatic carbocycles. The van der Waals surface area contributed by atoms with Gasteiger partial charge in [0.25, 0.3) is 5.91 Å². The van der Waals surface area contributed by atoms with Crippen LogP contribution in [-0.4, -0.2) is 25.2 Å². The Balaban J connectivity index is 1.96. The molecule has 0 saturated heterocycles. The average molecular weight is 348 g/mol. The molecule has 108 valence electrons. The van der Waals surface area contributed by atoms with Crippen molar-refractivity contribution in [3.05, 3.63) is 40.1 Å². The molecule has 1 amide bonds. The number of fused-ring (bicyclic) bond motifs is 1. The minimum absolute atomic E-state index is 0.288. The fourth-order valence-corrected chi connectivity index (χ4v) is 2.66. The van der Waals surface area contributed by atoms with Crippen LogP contribution in [-0.2, 0) is 14.1 Å². The maximum Gasteiger partial charge on any atom is 0.279 e. The largest absolute Gasteiger partial charge is 0.313 e. The minimum atomic E-state index is -0.288. The molecule has 6 nitrogen and oxygen atoms in total.